The summed E-state index contributed by atoms with van der Waals surface area (Å²) < 4.78 is 10.7. The van der Waals surface area contributed by atoms with Crippen molar-refractivity contribution in [3.05, 3.63) is 71.8 Å². The monoisotopic (exact) mass is 496 g/mol. The van der Waals surface area contributed by atoms with Gasteiger partial charge in [0.1, 0.15) is 12.2 Å². The molecular formula is C26H32N4O6. The number of piperidine rings is 1. The number of carbonyl (C=O) groups is 4. The number of ether oxygens (including phenoxy) is 2. The van der Waals surface area contributed by atoms with Crippen LogP contribution in [0.1, 0.15) is 49.5 Å². The highest BCUT2D eigenvalue weighted by Crippen LogP contribution is 2.18. The van der Waals surface area contributed by atoms with Gasteiger partial charge in [-0.15, -0.1) is 0 Å². The van der Waals surface area contributed by atoms with E-state index < -0.39 is 35.8 Å². The van der Waals surface area contributed by atoms with Crippen LogP contribution in [0.3, 0.4) is 0 Å². The Kier molecular flexibility index (Phi) is 8.88. The van der Waals surface area contributed by atoms with E-state index in [1.165, 1.54) is 0 Å². The molecule has 0 radical (unpaired) electrons. The molecule has 0 aromatic heterocycles. The van der Waals surface area contributed by atoms with Crippen molar-refractivity contribution in [2.75, 3.05) is 13.1 Å². The second-order valence-corrected chi connectivity index (χ2v) is 9.37. The Morgan fingerprint density at radius 1 is 0.944 bits per heavy atom. The Hall–Kier alpha value is -4.08. The Morgan fingerprint density at radius 2 is 1.53 bits per heavy atom. The molecule has 0 unspecified atom stereocenters. The summed E-state index contributed by atoms with van der Waals surface area (Å²) in [6.45, 7) is 5.89. The number of rotatable bonds is 4. The van der Waals surface area contributed by atoms with E-state index in [1.54, 1.807) is 56.0 Å². The highest BCUT2D eigenvalue weighted by molar-refractivity contribution is 6.04. The van der Waals surface area contributed by atoms with Crippen molar-refractivity contribution in [1.82, 2.24) is 20.7 Å². The zero-order chi connectivity index (χ0) is 26.1. The number of carbonyl (C=O) groups excluding carboxylic acids is 4. The number of nitrogens with one attached hydrogen (secondary N) is 2. The van der Waals surface area contributed by atoms with Gasteiger partial charge in [0.15, 0.2) is 0 Å². The Morgan fingerprint density at radius 3 is 2.11 bits per heavy atom. The normalized spacial score (nSPS) is 13.9. The highest BCUT2D eigenvalue weighted by atomic mass is 16.6. The first-order valence-electron chi connectivity index (χ1n) is 11.8. The average Bonchev–Trinajstić information content (AvgIpc) is 2.86. The third-order valence-electron chi connectivity index (χ3n) is 5.38. The molecule has 2 aromatic rings. The number of urea groups is 1. The van der Waals surface area contributed by atoms with Crippen molar-refractivity contribution in [2.45, 2.75) is 51.9 Å². The van der Waals surface area contributed by atoms with Crippen molar-refractivity contribution < 1.29 is 28.7 Å². The van der Waals surface area contributed by atoms with Gasteiger partial charge in [0.2, 0.25) is 0 Å². The van der Waals surface area contributed by atoms with E-state index >= 15 is 0 Å². The number of likely N-dealkylation sites (tertiary alicyclic amines) is 1. The van der Waals surface area contributed by atoms with Crippen LogP contribution in [0.2, 0.25) is 0 Å². The predicted molar refractivity (Wildman–Crippen MR) is 132 cm³/mol. The van der Waals surface area contributed by atoms with Gasteiger partial charge in [0.05, 0.1) is 6.04 Å². The first-order chi connectivity index (χ1) is 17.1. The second kappa shape index (κ2) is 12.1. The van der Waals surface area contributed by atoms with Crippen LogP contribution in [0.4, 0.5) is 14.4 Å². The zero-order valence-corrected chi connectivity index (χ0v) is 20.7. The summed E-state index contributed by atoms with van der Waals surface area (Å²) in [7, 11) is 0. The summed E-state index contributed by atoms with van der Waals surface area (Å²) in [5.41, 5.74) is 2.87. The van der Waals surface area contributed by atoms with Gasteiger partial charge in [0.25, 0.3) is 5.91 Å². The molecule has 3 rings (SSSR count). The second-order valence-electron chi connectivity index (χ2n) is 9.37. The molecule has 36 heavy (non-hydrogen) atoms. The molecule has 0 atom stereocenters. The van der Waals surface area contributed by atoms with Crippen molar-refractivity contribution >= 4 is 24.1 Å². The van der Waals surface area contributed by atoms with Crippen LogP contribution in [-0.2, 0) is 16.1 Å². The van der Waals surface area contributed by atoms with E-state index in [-0.39, 0.29) is 6.61 Å². The van der Waals surface area contributed by atoms with Crippen molar-refractivity contribution in [2.24, 2.45) is 0 Å². The van der Waals surface area contributed by atoms with Gasteiger partial charge in [-0.25, -0.2) is 24.8 Å². The minimum Gasteiger partial charge on any atom is -0.445 e. The molecule has 10 heteroatoms. The van der Waals surface area contributed by atoms with E-state index in [4.69, 9.17) is 9.47 Å². The first kappa shape index (κ1) is 26.5. The number of imide groups is 1. The van der Waals surface area contributed by atoms with Crippen LogP contribution in [0.15, 0.2) is 60.7 Å². The standard InChI is InChI=1S/C26H32N4O6/c1-26(2,3)36-24(33)28-30(23(32)27-22(31)20-12-8-5-9-13-20)21-14-16-29(17-15-21)25(34)35-18-19-10-6-4-7-11-19/h4-13,21H,14-18H2,1-3H3,(H,28,33)(H,27,31,32). The molecule has 0 spiro atoms. The molecule has 5 amide bonds. The van der Waals surface area contributed by atoms with Gasteiger partial charge < -0.3 is 14.4 Å². The smallest absolute Gasteiger partial charge is 0.426 e. The molecule has 1 fully saturated rings. The van der Waals surface area contributed by atoms with Crippen LogP contribution in [0, 0.1) is 0 Å². The Balaban J connectivity index is 1.61. The molecule has 1 aliphatic heterocycles. The summed E-state index contributed by atoms with van der Waals surface area (Å²) in [6, 6.07) is 16.4. The maximum absolute atomic E-state index is 13.0. The van der Waals surface area contributed by atoms with Crippen LogP contribution < -0.4 is 10.7 Å². The maximum Gasteiger partial charge on any atom is 0.426 e. The van der Waals surface area contributed by atoms with E-state index in [2.05, 4.69) is 10.7 Å². The largest absolute Gasteiger partial charge is 0.445 e. The minimum atomic E-state index is -0.825. The highest BCUT2D eigenvalue weighted by Gasteiger charge is 2.33. The number of nitrogens with zero attached hydrogens (tertiary/aromatic N) is 2. The molecule has 192 valence electrons. The number of amides is 5. The molecular weight excluding hydrogens is 464 g/mol. The lowest BCUT2D eigenvalue weighted by Gasteiger charge is -2.37. The summed E-state index contributed by atoms with van der Waals surface area (Å²) in [5, 5.41) is 3.38. The lowest BCUT2D eigenvalue weighted by atomic mass is 10.1. The average molecular weight is 497 g/mol. The minimum absolute atomic E-state index is 0.163. The fraction of sp³-hybridized carbons (Fsp3) is 0.385. The molecule has 0 aliphatic carbocycles. The molecule has 1 aliphatic rings. The van der Waals surface area contributed by atoms with E-state index in [0.29, 0.717) is 31.5 Å². The van der Waals surface area contributed by atoms with Crippen molar-refractivity contribution in [1.29, 1.82) is 0 Å². The molecule has 0 bridgehead atoms. The molecule has 10 nitrogen and oxygen atoms in total. The lowest BCUT2D eigenvalue weighted by Crippen LogP contribution is -2.59. The quantitative estimate of drug-likeness (QED) is 0.616. The summed E-state index contributed by atoms with van der Waals surface area (Å²) in [4.78, 5) is 52.0. The summed E-state index contributed by atoms with van der Waals surface area (Å²) in [6.07, 6.45) is -0.547. The molecule has 0 saturated carbocycles. The number of hydrazine groups is 1. The van der Waals surface area contributed by atoms with Gasteiger partial charge in [-0.05, 0) is 51.3 Å². The van der Waals surface area contributed by atoms with Crippen molar-refractivity contribution in [3.63, 3.8) is 0 Å². The van der Waals surface area contributed by atoms with Crippen LogP contribution in [0.5, 0.6) is 0 Å². The zero-order valence-electron chi connectivity index (χ0n) is 20.7. The molecule has 2 N–H and O–H groups in total. The fourth-order valence-corrected chi connectivity index (χ4v) is 3.64. The Labute approximate surface area is 210 Å². The van der Waals surface area contributed by atoms with Crippen LogP contribution >= 0.6 is 0 Å². The third-order valence-corrected chi connectivity index (χ3v) is 5.38. The van der Waals surface area contributed by atoms with Crippen molar-refractivity contribution in [3.8, 4) is 0 Å². The third kappa shape index (κ3) is 8.00. The molecule has 2 aromatic carbocycles. The number of hydrogen-bond acceptors (Lipinski definition) is 6. The van der Waals surface area contributed by atoms with E-state index in [0.717, 1.165) is 10.6 Å². The van der Waals surface area contributed by atoms with Gasteiger partial charge in [0, 0.05) is 18.7 Å². The first-order valence-corrected chi connectivity index (χ1v) is 11.8. The number of hydrogen-bond donors (Lipinski definition) is 2. The fourth-order valence-electron chi connectivity index (χ4n) is 3.64. The maximum atomic E-state index is 13.0. The topological polar surface area (TPSA) is 117 Å². The van der Waals surface area contributed by atoms with Gasteiger partial charge >= 0.3 is 18.2 Å². The van der Waals surface area contributed by atoms with Crippen LogP contribution in [-0.4, -0.2) is 58.8 Å². The lowest BCUT2D eigenvalue weighted by molar-refractivity contribution is 0.0238. The van der Waals surface area contributed by atoms with Crippen LogP contribution in [0.25, 0.3) is 0 Å². The summed E-state index contributed by atoms with van der Waals surface area (Å²) in [5.74, 6) is -0.599. The van der Waals surface area contributed by atoms with Gasteiger partial charge in [-0.3, -0.25) is 10.1 Å². The molecule has 1 heterocycles. The summed E-state index contributed by atoms with van der Waals surface area (Å²) >= 11 is 0. The van der Waals surface area contributed by atoms with E-state index in [9.17, 15) is 19.2 Å². The SMILES string of the molecule is CC(C)(C)OC(=O)NN(C(=O)NC(=O)c1ccccc1)C1CCN(C(=O)OCc2ccccc2)CC1. The number of benzene rings is 2. The molecule has 1 saturated heterocycles. The Bertz CT molecular complexity index is 1050. The van der Waals surface area contributed by atoms with Gasteiger partial charge in [-0.1, -0.05) is 48.5 Å². The predicted octanol–water partition coefficient (Wildman–Crippen LogP) is 4.08. The van der Waals surface area contributed by atoms with Gasteiger partial charge in [-0.2, -0.15) is 0 Å². The van der Waals surface area contributed by atoms with E-state index in [1.807, 2.05) is 30.3 Å².